The summed E-state index contributed by atoms with van der Waals surface area (Å²) in [5.41, 5.74) is 1.18. The van der Waals surface area contributed by atoms with Crippen LogP contribution in [-0.2, 0) is 11.2 Å². The molecule has 1 aromatic rings. The number of hydrogen-bond acceptors (Lipinski definition) is 2. The summed E-state index contributed by atoms with van der Waals surface area (Å²) in [4.78, 5) is 14.3. The highest BCUT2D eigenvalue weighted by molar-refractivity contribution is 6.30. The monoisotopic (exact) mass is 320 g/mol. The molecule has 0 bridgehead atoms. The second kappa shape index (κ2) is 7.47. The molecule has 1 N–H and O–H groups in total. The predicted molar refractivity (Wildman–Crippen MR) is 90.1 cm³/mol. The average Bonchev–Trinajstić information content (AvgIpc) is 3.37. The van der Waals surface area contributed by atoms with Crippen molar-refractivity contribution >= 4 is 17.5 Å². The Hall–Kier alpha value is -1.06. The zero-order valence-corrected chi connectivity index (χ0v) is 13.8. The summed E-state index contributed by atoms with van der Waals surface area (Å²) in [5.74, 6) is 1.22. The van der Waals surface area contributed by atoms with E-state index in [-0.39, 0.29) is 5.91 Å². The molecule has 120 valence electrons. The van der Waals surface area contributed by atoms with Crippen LogP contribution < -0.4 is 5.32 Å². The lowest BCUT2D eigenvalue weighted by Gasteiger charge is -2.32. The molecule has 0 atom stereocenters. The second-order valence-electron chi connectivity index (χ2n) is 6.63. The first-order chi connectivity index (χ1) is 10.7. The van der Waals surface area contributed by atoms with E-state index in [0.29, 0.717) is 12.5 Å². The van der Waals surface area contributed by atoms with Gasteiger partial charge in [-0.2, -0.15) is 0 Å². The molecule has 1 saturated heterocycles. The fraction of sp³-hybridized carbons (Fsp3) is 0.611. The molecule has 1 saturated carbocycles. The van der Waals surface area contributed by atoms with Crippen LogP contribution in [-0.4, -0.2) is 36.5 Å². The maximum absolute atomic E-state index is 12.3. The maximum Gasteiger partial charge on any atom is 0.222 e. The van der Waals surface area contributed by atoms with Gasteiger partial charge in [-0.3, -0.25) is 4.79 Å². The molecule has 0 spiro atoms. The highest BCUT2D eigenvalue weighted by Crippen LogP contribution is 2.28. The minimum atomic E-state index is 0.288. The quantitative estimate of drug-likeness (QED) is 0.872. The highest BCUT2D eigenvalue weighted by atomic mass is 35.5. The summed E-state index contributed by atoms with van der Waals surface area (Å²) in [6, 6.07) is 8.39. The molecule has 1 aliphatic heterocycles. The maximum atomic E-state index is 12.3. The van der Waals surface area contributed by atoms with Crippen molar-refractivity contribution in [1.29, 1.82) is 0 Å². The molecule has 1 amide bonds. The molecule has 0 unspecified atom stereocenters. The van der Waals surface area contributed by atoms with E-state index in [1.54, 1.807) is 0 Å². The van der Waals surface area contributed by atoms with Gasteiger partial charge in [0.15, 0.2) is 0 Å². The third-order valence-electron chi connectivity index (χ3n) is 4.78. The molecule has 3 nitrogen and oxygen atoms in total. The minimum absolute atomic E-state index is 0.288. The average molecular weight is 321 g/mol. The van der Waals surface area contributed by atoms with Gasteiger partial charge < -0.3 is 10.2 Å². The van der Waals surface area contributed by atoms with E-state index in [0.717, 1.165) is 43.3 Å². The Bertz CT molecular complexity index is 490. The fourth-order valence-corrected chi connectivity index (χ4v) is 3.17. The predicted octanol–water partition coefficient (Wildman–Crippen LogP) is 3.26. The number of amides is 1. The van der Waals surface area contributed by atoms with Crippen molar-refractivity contribution in [3.63, 3.8) is 0 Å². The van der Waals surface area contributed by atoms with E-state index in [9.17, 15) is 4.79 Å². The Morgan fingerprint density at radius 3 is 2.45 bits per heavy atom. The Kier molecular flexibility index (Phi) is 5.37. The number of carbonyl (C=O) groups excluding carboxylic acids is 1. The Balaban J connectivity index is 1.36. The van der Waals surface area contributed by atoms with E-state index in [1.807, 2.05) is 29.2 Å². The van der Waals surface area contributed by atoms with Gasteiger partial charge in [-0.25, -0.2) is 0 Å². The van der Waals surface area contributed by atoms with Crippen molar-refractivity contribution in [2.24, 2.45) is 5.92 Å². The number of carbonyl (C=O) groups is 1. The number of aryl methyl sites for hydroxylation is 1. The lowest BCUT2D eigenvalue weighted by atomic mass is 10.0. The smallest absolute Gasteiger partial charge is 0.222 e. The Labute approximate surface area is 138 Å². The summed E-state index contributed by atoms with van der Waals surface area (Å²) in [7, 11) is 0. The topological polar surface area (TPSA) is 32.3 Å². The van der Waals surface area contributed by atoms with Gasteiger partial charge in [0.2, 0.25) is 5.91 Å². The van der Waals surface area contributed by atoms with E-state index in [2.05, 4.69) is 5.32 Å². The third-order valence-corrected chi connectivity index (χ3v) is 5.03. The van der Waals surface area contributed by atoms with Crippen LogP contribution >= 0.6 is 11.6 Å². The van der Waals surface area contributed by atoms with Crippen LogP contribution in [0.15, 0.2) is 24.3 Å². The van der Waals surface area contributed by atoms with E-state index >= 15 is 0 Å². The van der Waals surface area contributed by atoms with Gasteiger partial charge in [-0.15, -0.1) is 0 Å². The van der Waals surface area contributed by atoms with Gasteiger partial charge in [0.05, 0.1) is 0 Å². The number of piperidine rings is 1. The van der Waals surface area contributed by atoms with Crippen molar-refractivity contribution in [2.45, 2.75) is 44.6 Å². The standard InChI is InChI=1S/C18H25ClN2O/c19-16-6-3-14(4-7-16)5-8-18(22)21-11-9-17(10-12-21)20-13-15-1-2-15/h3-4,6-7,15,17,20H,1-2,5,8-13H2. The normalized spacial score (nSPS) is 19.4. The fourth-order valence-electron chi connectivity index (χ4n) is 3.05. The molecule has 2 aliphatic rings. The number of rotatable bonds is 6. The number of nitrogens with zero attached hydrogens (tertiary/aromatic N) is 1. The van der Waals surface area contributed by atoms with Crippen LogP contribution in [0.1, 0.15) is 37.7 Å². The largest absolute Gasteiger partial charge is 0.343 e. The molecule has 4 heteroatoms. The molecule has 2 fully saturated rings. The molecule has 1 aromatic carbocycles. The van der Waals surface area contributed by atoms with Crippen LogP contribution in [0.5, 0.6) is 0 Å². The van der Waals surface area contributed by atoms with Crippen molar-refractivity contribution in [2.75, 3.05) is 19.6 Å². The summed E-state index contributed by atoms with van der Waals surface area (Å²) in [6.45, 7) is 2.98. The van der Waals surface area contributed by atoms with Gasteiger partial charge in [0, 0.05) is 30.6 Å². The second-order valence-corrected chi connectivity index (χ2v) is 7.07. The number of likely N-dealkylation sites (tertiary alicyclic amines) is 1. The first kappa shape index (κ1) is 15.8. The van der Waals surface area contributed by atoms with Gasteiger partial charge in [-0.05, 0) is 62.3 Å². The highest BCUT2D eigenvalue weighted by Gasteiger charge is 2.25. The molecular weight excluding hydrogens is 296 g/mol. The SMILES string of the molecule is O=C(CCc1ccc(Cl)cc1)N1CCC(NCC2CC2)CC1. The zero-order valence-electron chi connectivity index (χ0n) is 13.1. The molecule has 0 radical (unpaired) electrons. The molecular formula is C18H25ClN2O. The lowest BCUT2D eigenvalue weighted by molar-refractivity contribution is -0.132. The lowest BCUT2D eigenvalue weighted by Crippen LogP contribution is -2.45. The summed E-state index contributed by atoms with van der Waals surface area (Å²) < 4.78 is 0. The van der Waals surface area contributed by atoms with Crippen LogP contribution in [0.2, 0.25) is 5.02 Å². The van der Waals surface area contributed by atoms with Crippen molar-refractivity contribution < 1.29 is 4.79 Å². The van der Waals surface area contributed by atoms with Gasteiger partial charge >= 0.3 is 0 Å². The number of benzene rings is 1. The van der Waals surface area contributed by atoms with Gasteiger partial charge in [0.25, 0.3) is 0 Å². The van der Waals surface area contributed by atoms with E-state index in [4.69, 9.17) is 11.6 Å². The molecule has 0 aromatic heterocycles. The van der Waals surface area contributed by atoms with Gasteiger partial charge in [0.1, 0.15) is 0 Å². The number of halogens is 1. The van der Waals surface area contributed by atoms with Gasteiger partial charge in [-0.1, -0.05) is 23.7 Å². The first-order valence-electron chi connectivity index (χ1n) is 8.46. The summed E-state index contributed by atoms with van der Waals surface area (Å²) >= 11 is 5.88. The number of nitrogens with one attached hydrogen (secondary N) is 1. The van der Waals surface area contributed by atoms with Crippen molar-refractivity contribution in [1.82, 2.24) is 10.2 Å². The first-order valence-corrected chi connectivity index (χ1v) is 8.84. The van der Waals surface area contributed by atoms with Crippen molar-refractivity contribution in [3.05, 3.63) is 34.9 Å². The molecule has 22 heavy (non-hydrogen) atoms. The minimum Gasteiger partial charge on any atom is -0.343 e. The Morgan fingerprint density at radius 2 is 1.82 bits per heavy atom. The third kappa shape index (κ3) is 4.72. The Morgan fingerprint density at radius 1 is 1.14 bits per heavy atom. The zero-order chi connectivity index (χ0) is 15.4. The summed E-state index contributed by atoms with van der Waals surface area (Å²) in [6.07, 6.45) is 6.39. The van der Waals surface area contributed by atoms with E-state index < -0.39 is 0 Å². The van der Waals surface area contributed by atoms with Crippen LogP contribution in [0.25, 0.3) is 0 Å². The van der Waals surface area contributed by atoms with Crippen LogP contribution in [0.3, 0.4) is 0 Å². The molecule has 1 aliphatic carbocycles. The van der Waals surface area contributed by atoms with Crippen molar-refractivity contribution in [3.8, 4) is 0 Å². The molecule has 3 rings (SSSR count). The summed E-state index contributed by atoms with van der Waals surface area (Å²) in [5, 5.41) is 4.40. The number of hydrogen-bond donors (Lipinski definition) is 1. The van der Waals surface area contributed by atoms with Crippen LogP contribution in [0.4, 0.5) is 0 Å². The molecule has 1 heterocycles. The van der Waals surface area contributed by atoms with Crippen LogP contribution in [0, 0.1) is 5.92 Å². The van der Waals surface area contributed by atoms with E-state index in [1.165, 1.54) is 24.9 Å².